The van der Waals surface area contributed by atoms with Gasteiger partial charge in [0.1, 0.15) is 11.6 Å². The van der Waals surface area contributed by atoms with Crippen LogP contribution in [0.5, 0.6) is 0 Å². The van der Waals surface area contributed by atoms with Crippen LogP contribution in [0.3, 0.4) is 0 Å². The Morgan fingerprint density at radius 1 is 1.15 bits per heavy atom. The van der Waals surface area contributed by atoms with E-state index in [2.05, 4.69) is 4.98 Å². The smallest absolute Gasteiger partial charge is 0.256 e. The molecule has 0 saturated carbocycles. The molecular formula is C19H15ClF2N2OS. The minimum absolute atomic E-state index is 0.0838. The molecule has 2 aromatic carbocycles. The van der Waals surface area contributed by atoms with Gasteiger partial charge in [0.25, 0.3) is 5.91 Å². The van der Waals surface area contributed by atoms with Crippen LogP contribution in [-0.2, 0) is 0 Å². The maximum absolute atomic E-state index is 13.8. The maximum Gasteiger partial charge on any atom is 0.256 e. The zero-order valence-electron chi connectivity index (χ0n) is 13.7. The highest BCUT2D eigenvalue weighted by molar-refractivity contribution is 7.18. The van der Waals surface area contributed by atoms with Crippen molar-refractivity contribution in [3.63, 3.8) is 0 Å². The van der Waals surface area contributed by atoms with Gasteiger partial charge in [0.2, 0.25) is 0 Å². The zero-order chi connectivity index (χ0) is 18.3. The van der Waals surface area contributed by atoms with Gasteiger partial charge in [-0.1, -0.05) is 11.6 Å². The van der Waals surface area contributed by atoms with E-state index in [1.807, 2.05) is 18.2 Å². The Labute approximate surface area is 158 Å². The first-order valence-electron chi connectivity index (χ1n) is 8.31. The van der Waals surface area contributed by atoms with E-state index in [1.54, 1.807) is 16.2 Å². The third-order valence-corrected chi connectivity index (χ3v) is 6.09. The molecule has 1 saturated heterocycles. The Hall–Kier alpha value is -2.05. The first-order valence-corrected chi connectivity index (χ1v) is 9.51. The summed E-state index contributed by atoms with van der Waals surface area (Å²) < 4.78 is 28.0. The monoisotopic (exact) mass is 392 g/mol. The molecule has 0 aliphatic carbocycles. The zero-order valence-corrected chi connectivity index (χ0v) is 15.3. The molecule has 0 N–H and O–H groups in total. The number of halogens is 3. The van der Waals surface area contributed by atoms with Crippen molar-refractivity contribution in [3.8, 4) is 0 Å². The molecule has 0 spiro atoms. The average molecular weight is 393 g/mol. The summed E-state index contributed by atoms with van der Waals surface area (Å²) in [6, 6.07) is 8.73. The highest BCUT2D eigenvalue weighted by Gasteiger charge is 2.27. The Bertz CT molecular complexity index is 983. The minimum atomic E-state index is -0.819. The SMILES string of the molecule is O=C(c1ccc(F)cc1F)N1CCC(c2nc3cc(Cl)ccc3s2)CC1. The van der Waals surface area contributed by atoms with Gasteiger partial charge in [-0.15, -0.1) is 11.3 Å². The molecule has 0 atom stereocenters. The van der Waals surface area contributed by atoms with Gasteiger partial charge in [0, 0.05) is 30.1 Å². The number of carbonyl (C=O) groups excluding carboxylic acids is 1. The van der Waals surface area contributed by atoms with Gasteiger partial charge < -0.3 is 4.90 Å². The van der Waals surface area contributed by atoms with E-state index in [1.165, 1.54) is 6.07 Å². The van der Waals surface area contributed by atoms with Crippen LogP contribution in [0, 0.1) is 11.6 Å². The number of amides is 1. The van der Waals surface area contributed by atoms with E-state index in [0.717, 1.165) is 40.2 Å². The number of hydrogen-bond acceptors (Lipinski definition) is 3. The van der Waals surface area contributed by atoms with Crippen LogP contribution in [0.25, 0.3) is 10.2 Å². The fourth-order valence-electron chi connectivity index (χ4n) is 3.26. The van der Waals surface area contributed by atoms with Gasteiger partial charge in [0.15, 0.2) is 0 Å². The van der Waals surface area contributed by atoms with E-state index in [4.69, 9.17) is 11.6 Å². The predicted octanol–water partition coefficient (Wildman–Crippen LogP) is 5.25. The average Bonchev–Trinajstić information content (AvgIpc) is 3.04. The van der Waals surface area contributed by atoms with Gasteiger partial charge in [-0.3, -0.25) is 4.79 Å². The van der Waals surface area contributed by atoms with Gasteiger partial charge in [-0.2, -0.15) is 0 Å². The second kappa shape index (κ2) is 6.93. The number of nitrogens with zero attached hydrogens (tertiary/aromatic N) is 2. The highest BCUT2D eigenvalue weighted by atomic mass is 35.5. The molecule has 1 aromatic heterocycles. The van der Waals surface area contributed by atoms with Crippen molar-refractivity contribution in [1.29, 1.82) is 0 Å². The fraction of sp³-hybridized carbons (Fsp3) is 0.263. The van der Waals surface area contributed by atoms with Crippen LogP contribution in [0.2, 0.25) is 5.02 Å². The van der Waals surface area contributed by atoms with Gasteiger partial charge in [0.05, 0.1) is 20.8 Å². The van der Waals surface area contributed by atoms with Crippen molar-refractivity contribution in [2.75, 3.05) is 13.1 Å². The Morgan fingerprint density at radius 3 is 2.65 bits per heavy atom. The Morgan fingerprint density at radius 2 is 1.92 bits per heavy atom. The predicted molar refractivity (Wildman–Crippen MR) is 98.9 cm³/mol. The summed E-state index contributed by atoms with van der Waals surface area (Å²) in [5.74, 6) is -1.63. The molecule has 1 aliphatic heterocycles. The van der Waals surface area contributed by atoms with Crippen LogP contribution >= 0.6 is 22.9 Å². The number of likely N-dealkylation sites (tertiary alicyclic amines) is 1. The molecule has 3 nitrogen and oxygen atoms in total. The highest BCUT2D eigenvalue weighted by Crippen LogP contribution is 2.35. The summed E-state index contributed by atoms with van der Waals surface area (Å²) in [6.45, 7) is 1.05. The molecule has 7 heteroatoms. The van der Waals surface area contributed by atoms with E-state index in [-0.39, 0.29) is 11.5 Å². The molecule has 2 heterocycles. The van der Waals surface area contributed by atoms with Crippen molar-refractivity contribution >= 4 is 39.1 Å². The second-order valence-electron chi connectivity index (χ2n) is 6.35. The topological polar surface area (TPSA) is 33.2 Å². The van der Waals surface area contributed by atoms with Crippen LogP contribution in [0.15, 0.2) is 36.4 Å². The number of hydrogen-bond donors (Lipinski definition) is 0. The summed E-state index contributed by atoms with van der Waals surface area (Å²) in [4.78, 5) is 18.8. The van der Waals surface area contributed by atoms with E-state index >= 15 is 0 Å². The molecule has 4 rings (SSSR count). The first-order chi connectivity index (χ1) is 12.5. The number of carbonyl (C=O) groups is 1. The number of rotatable bonds is 2. The van der Waals surface area contributed by atoms with Crippen molar-refractivity contribution in [2.45, 2.75) is 18.8 Å². The first kappa shape index (κ1) is 17.4. The molecule has 0 bridgehead atoms. The summed E-state index contributed by atoms with van der Waals surface area (Å²) >= 11 is 7.66. The van der Waals surface area contributed by atoms with Crippen molar-refractivity contribution < 1.29 is 13.6 Å². The third-order valence-electron chi connectivity index (χ3n) is 4.66. The standard InChI is InChI=1S/C19H15ClF2N2OS/c20-12-1-4-17-16(9-12)23-18(26-17)11-5-7-24(8-6-11)19(25)14-3-2-13(21)10-15(14)22/h1-4,9-11H,5-8H2. The molecule has 1 fully saturated rings. The molecule has 0 unspecified atom stereocenters. The molecule has 26 heavy (non-hydrogen) atoms. The minimum Gasteiger partial charge on any atom is -0.339 e. The fourth-order valence-corrected chi connectivity index (χ4v) is 4.54. The van der Waals surface area contributed by atoms with Crippen LogP contribution in [-0.4, -0.2) is 28.9 Å². The lowest BCUT2D eigenvalue weighted by Gasteiger charge is -2.31. The largest absolute Gasteiger partial charge is 0.339 e. The lowest BCUT2D eigenvalue weighted by Crippen LogP contribution is -2.38. The summed E-state index contributed by atoms with van der Waals surface area (Å²) in [7, 11) is 0. The van der Waals surface area contributed by atoms with Gasteiger partial charge in [-0.25, -0.2) is 13.8 Å². The normalized spacial score (nSPS) is 15.6. The van der Waals surface area contributed by atoms with Crippen molar-refractivity contribution in [3.05, 3.63) is 63.6 Å². The van der Waals surface area contributed by atoms with Crippen molar-refractivity contribution in [2.24, 2.45) is 0 Å². The molecule has 1 aliphatic rings. The van der Waals surface area contributed by atoms with E-state index in [9.17, 15) is 13.6 Å². The van der Waals surface area contributed by atoms with Crippen LogP contribution < -0.4 is 0 Å². The van der Waals surface area contributed by atoms with Crippen molar-refractivity contribution in [1.82, 2.24) is 9.88 Å². The Balaban J connectivity index is 1.47. The van der Waals surface area contributed by atoms with Crippen LogP contribution in [0.4, 0.5) is 8.78 Å². The van der Waals surface area contributed by atoms with Gasteiger partial charge in [-0.05, 0) is 43.2 Å². The number of piperidine rings is 1. The Kier molecular flexibility index (Phi) is 4.63. The number of benzene rings is 2. The van der Waals surface area contributed by atoms with Crippen LogP contribution in [0.1, 0.15) is 34.1 Å². The number of aromatic nitrogens is 1. The third kappa shape index (κ3) is 3.31. The molecule has 3 aromatic rings. The molecule has 134 valence electrons. The molecule has 0 radical (unpaired) electrons. The molecule has 1 amide bonds. The lowest BCUT2D eigenvalue weighted by molar-refractivity contribution is 0.0708. The quantitative estimate of drug-likeness (QED) is 0.597. The summed E-state index contributed by atoms with van der Waals surface area (Å²) in [5.41, 5.74) is 0.809. The van der Waals surface area contributed by atoms with E-state index < -0.39 is 17.5 Å². The second-order valence-corrected chi connectivity index (χ2v) is 7.85. The summed E-state index contributed by atoms with van der Waals surface area (Å²) in [6.07, 6.45) is 1.53. The van der Waals surface area contributed by atoms with E-state index in [0.29, 0.717) is 18.1 Å². The number of thiazole rings is 1. The van der Waals surface area contributed by atoms with Gasteiger partial charge >= 0.3 is 0 Å². The lowest BCUT2D eigenvalue weighted by atomic mass is 9.97. The number of fused-ring (bicyclic) bond motifs is 1. The maximum atomic E-state index is 13.8. The molecular weight excluding hydrogens is 378 g/mol. The summed E-state index contributed by atoms with van der Waals surface area (Å²) in [5, 5.41) is 1.71.